The zero-order chi connectivity index (χ0) is 28.3. The van der Waals surface area contributed by atoms with E-state index in [1.54, 1.807) is 12.9 Å². The van der Waals surface area contributed by atoms with E-state index in [1.165, 1.54) is 53.5 Å². The van der Waals surface area contributed by atoms with E-state index in [-0.39, 0.29) is 25.4 Å². The van der Waals surface area contributed by atoms with Crippen LogP contribution in [-0.4, -0.2) is 65.6 Å². The van der Waals surface area contributed by atoms with Crippen LogP contribution in [0.25, 0.3) is 0 Å². The zero-order valence-corrected chi connectivity index (χ0v) is 20.2. The molecule has 184 valence electrons. The predicted molar refractivity (Wildman–Crippen MR) is 131 cm³/mol. The van der Waals surface area contributed by atoms with Gasteiger partial charge in [-0.25, -0.2) is 47.9 Å². The highest BCUT2D eigenvalue weighted by Crippen LogP contribution is 2.79. The van der Waals surface area contributed by atoms with Crippen LogP contribution in [0.4, 0.5) is 0 Å². The molecule has 0 fully saturated rings. The van der Waals surface area contributed by atoms with Crippen LogP contribution in [0.3, 0.4) is 0 Å². The molecule has 10 nitrogen and oxygen atoms in total. The van der Waals surface area contributed by atoms with E-state index in [1.807, 2.05) is 0 Å². The number of carbonyl (C=O) groups excluding carboxylic acids is 10. The fraction of sp³-hybridized carbons (Fsp3) is 0.231. The Morgan fingerprint density at radius 2 is 1.11 bits per heavy atom. The highest BCUT2D eigenvalue weighted by atomic mass is 31.2. The topological polar surface area (TPSA) is 171 Å². The van der Waals surface area contributed by atoms with Gasteiger partial charge in [0.2, 0.25) is 10.6 Å². The maximum atomic E-state index is 12.4. The van der Waals surface area contributed by atoms with E-state index in [0.29, 0.717) is 18.6 Å². The Hall–Kier alpha value is -5.07. The average molecular weight is 519 g/mol. The highest BCUT2D eigenvalue weighted by Gasteiger charge is 2.57. The van der Waals surface area contributed by atoms with E-state index < -0.39 is 45.5 Å². The number of unbranched alkanes of at least 4 members (excludes halogenated alkanes) is 1. The molecule has 0 atom stereocenters. The third kappa shape index (κ3) is 7.45. The van der Waals surface area contributed by atoms with Crippen LogP contribution in [-0.2, 0) is 47.9 Å². The van der Waals surface area contributed by atoms with Crippen LogP contribution in [0.1, 0.15) is 32.6 Å². The molecule has 0 aliphatic heterocycles. The largest absolute Gasteiger partial charge is 0.234 e. The van der Waals surface area contributed by atoms with Crippen LogP contribution in [0.5, 0.6) is 0 Å². The van der Waals surface area contributed by atoms with Crippen LogP contribution in [0, 0.1) is 0 Å². The summed E-state index contributed by atoms with van der Waals surface area (Å²) >= 11 is 0. The first-order valence-electron chi connectivity index (χ1n) is 10.2. The molecule has 0 saturated carbocycles. The SMILES string of the molecule is CCCC[P+](C(=C=O)CCC=C=O)(C(=C=O)C(=C=O)C(=C=O)C=C=O)C(=C=O)C(=C=O)C(=C=O)C=C=O. The summed E-state index contributed by atoms with van der Waals surface area (Å²) in [5.41, 5.74) is -3.56. The second-order valence-electron chi connectivity index (χ2n) is 6.71. The van der Waals surface area contributed by atoms with Gasteiger partial charge in [0.25, 0.3) is 0 Å². The van der Waals surface area contributed by atoms with Crippen molar-refractivity contribution in [1.82, 2.24) is 0 Å². The third-order valence-corrected chi connectivity index (χ3v) is 9.21. The molecule has 0 amide bonds. The van der Waals surface area contributed by atoms with Crippen LogP contribution >= 0.6 is 7.26 Å². The second kappa shape index (κ2) is 17.4. The summed E-state index contributed by atoms with van der Waals surface area (Å²) in [7, 11) is -4.18. The standard InChI is InChI=1S/C26H16O10P/c1-2-3-12-37(22(15-32)6-4-5-9-27,25(18-35)23(16-33)20(13-30)7-10-28)26(19-36)24(17-34)21(14-31)8-11-29/h5,7-8H,2-4,6,12H2,1H3/q+1. The number of hydrogen-bond donors (Lipinski definition) is 0. The molecule has 0 spiro atoms. The van der Waals surface area contributed by atoms with Gasteiger partial charge in [0.15, 0.2) is 23.1 Å². The molecule has 0 aromatic rings. The molecule has 0 aliphatic rings. The smallest absolute Gasteiger partial charge is 0.207 e. The summed E-state index contributed by atoms with van der Waals surface area (Å²) in [4.78, 5) is 116. The molecule has 11 heteroatoms. The number of hydrogen-bond acceptors (Lipinski definition) is 10. The minimum absolute atomic E-state index is 0.116. The van der Waals surface area contributed by atoms with Crippen molar-refractivity contribution in [2.75, 3.05) is 6.16 Å². The van der Waals surface area contributed by atoms with Gasteiger partial charge in [-0.05, 0) is 12.8 Å². The van der Waals surface area contributed by atoms with Crippen LogP contribution < -0.4 is 0 Å². The Morgan fingerprint density at radius 1 is 0.622 bits per heavy atom. The van der Waals surface area contributed by atoms with Gasteiger partial charge in [-0.3, -0.25) is 0 Å². The van der Waals surface area contributed by atoms with Gasteiger partial charge in [-0.1, -0.05) is 13.3 Å². The lowest BCUT2D eigenvalue weighted by Crippen LogP contribution is -2.15. The first kappa shape index (κ1) is 31.9. The molecule has 0 saturated heterocycles. The molecule has 0 aliphatic carbocycles. The fourth-order valence-corrected chi connectivity index (χ4v) is 7.59. The van der Waals surface area contributed by atoms with Gasteiger partial charge >= 0.3 is 0 Å². The van der Waals surface area contributed by atoms with Crippen molar-refractivity contribution in [3.63, 3.8) is 0 Å². The minimum Gasteiger partial charge on any atom is -0.234 e. The summed E-state index contributed by atoms with van der Waals surface area (Å²) in [6, 6.07) is 0. The van der Waals surface area contributed by atoms with E-state index in [2.05, 4.69) is 0 Å². The van der Waals surface area contributed by atoms with Crippen molar-refractivity contribution in [2.45, 2.75) is 32.6 Å². The van der Waals surface area contributed by atoms with Gasteiger partial charge in [0.1, 0.15) is 60.0 Å². The summed E-state index contributed by atoms with van der Waals surface area (Å²) in [5, 5.41) is -2.08. The Morgan fingerprint density at radius 3 is 1.41 bits per heavy atom. The monoisotopic (exact) mass is 519 g/mol. The molecule has 0 radical (unpaired) electrons. The summed E-state index contributed by atoms with van der Waals surface area (Å²) in [6.45, 7) is 1.67. The Kier molecular flexibility index (Phi) is 15.0. The number of rotatable bonds is 15. The molecule has 0 N–H and O–H groups in total. The first-order chi connectivity index (χ1) is 17.9. The lowest BCUT2D eigenvalue weighted by molar-refractivity contribution is 0.562. The van der Waals surface area contributed by atoms with E-state index in [4.69, 9.17) is 0 Å². The van der Waals surface area contributed by atoms with Crippen molar-refractivity contribution in [3.8, 4) is 0 Å². The normalized spacial score (nSPS) is 9.97. The number of allylic oxidation sites excluding steroid dienone is 10. The third-order valence-electron chi connectivity index (χ3n) is 4.83. The average Bonchev–Trinajstić information content (AvgIpc) is 2.92. The molecule has 0 aromatic carbocycles. The molecular formula is C26H16O10P+. The van der Waals surface area contributed by atoms with Crippen molar-refractivity contribution in [1.29, 1.82) is 0 Å². The molecule has 0 heterocycles. The van der Waals surface area contributed by atoms with E-state index in [0.717, 1.165) is 6.08 Å². The van der Waals surface area contributed by atoms with Gasteiger partial charge < -0.3 is 0 Å². The summed E-state index contributed by atoms with van der Waals surface area (Å²) in [5.74, 6) is 13.4. The molecule has 0 rings (SSSR count). The lowest BCUT2D eigenvalue weighted by Gasteiger charge is -2.27. The molecule has 0 aromatic heterocycles. The van der Waals surface area contributed by atoms with E-state index >= 15 is 0 Å². The predicted octanol–water partition coefficient (Wildman–Crippen LogP) is 0.926. The molecular weight excluding hydrogens is 503 g/mol. The maximum Gasteiger partial charge on any atom is 0.207 e. The quantitative estimate of drug-likeness (QED) is 0.172. The van der Waals surface area contributed by atoms with Crippen molar-refractivity contribution in [3.05, 3.63) is 56.5 Å². The summed E-state index contributed by atoms with van der Waals surface area (Å²) < 4.78 is 0. The molecule has 0 bridgehead atoms. The lowest BCUT2D eigenvalue weighted by atomic mass is 10.1. The highest BCUT2D eigenvalue weighted by molar-refractivity contribution is 7.88. The second-order valence-corrected chi connectivity index (χ2v) is 10.2. The van der Waals surface area contributed by atoms with Crippen molar-refractivity contribution in [2.24, 2.45) is 0 Å². The minimum atomic E-state index is -4.18. The van der Waals surface area contributed by atoms with Crippen molar-refractivity contribution >= 4 is 66.7 Å². The van der Waals surface area contributed by atoms with Crippen LogP contribution in [0.2, 0.25) is 0 Å². The summed E-state index contributed by atoms with van der Waals surface area (Å²) in [6.07, 6.45) is 1.42. The van der Waals surface area contributed by atoms with Gasteiger partial charge in [0.05, 0.1) is 17.3 Å². The molecule has 37 heavy (non-hydrogen) atoms. The Labute approximate surface area is 210 Å². The van der Waals surface area contributed by atoms with Crippen molar-refractivity contribution < 1.29 is 47.9 Å². The Balaban J connectivity index is 8.32. The maximum absolute atomic E-state index is 12.4. The van der Waals surface area contributed by atoms with Gasteiger partial charge in [-0.15, -0.1) is 0 Å². The zero-order valence-electron chi connectivity index (χ0n) is 19.3. The first-order valence-corrected chi connectivity index (χ1v) is 12.2. The molecule has 0 unspecified atom stereocenters. The fourth-order valence-electron chi connectivity index (χ4n) is 3.25. The van der Waals surface area contributed by atoms with Gasteiger partial charge in [-0.2, -0.15) is 0 Å². The van der Waals surface area contributed by atoms with E-state index in [9.17, 15) is 47.9 Å². The van der Waals surface area contributed by atoms with Crippen LogP contribution in [0.15, 0.2) is 56.5 Å². The Bertz CT molecular complexity index is 1360. The van der Waals surface area contributed by atoms with Gasteiger partial charge in [0, 0.05) is 24.6 Å².